The Hall–Kier alpha value is -1.74. The molecule has 134 valence electrons. The number of aryl methyl sites for hydroxylation is 2. The van der Waals surface area contributed by atoms with E-state index in [1.165, 1.54) is 27.8 Å². The molecule has 0 spiro atoms. The molecule has 0 bridgehead atoms. The lowest BCUT2D eigenvalue weighted by atomic mass is 9.84. The van der Waals surface area contributed by atoms with Crippen molar-refractivity contribution in [2.45, 2.75) is 58.8 Å². The molecule has 2 N–H and O–H groups in total. The normalized spacial score (nSPS) is 13.8. The average Bonchev–Trinajstić information content (AvgIpc) is 2.53. The average molecular weight is 355 g/mol. The maximum atomic E-state index is 6.17. The second kappa shape index (κ2) is 8.09. The molecule has 0 aliphatic heterocycles. The van der Waals surface area contributed by atoms with E-state index in [2.05, 4.69) is 70.8 Å². The monoisotopic (exact) mass is 354 g/mol. The standard InChI is InChI=1S/C22H30N2S/c1-15-12-19(22(4,5)6)13-16(2)20(15)14-25-21(23)24-17(3)18-10-8-7-9-11-18/h7-13,17H,14H2,1-6H3,(H2,23,24)/t17-/m0/s1. The van der Waals surface area contributed by atoms with Crippen LogP contribution in [0.3, 0.4) is 0 Å². The van der Waals surface area contributed by atoms with Gasteiger partial charge < -0.3 is 5.73 Å². The van der Waals surface area contributed by atoms with Crippen LogP contribution in [0, 0.1) is 13.8 Å². The van der Waals surface area contributed by atoms with Crippen molar-refractivity contribution in [3.8, 4) is 0 Å². The van der Waals surface area contributed by atoms with Gasteiger partial charge in [-0.05, 0) is 54.0 Å². The molecule has 0 aromatic heterocycles. The molecule has 2 nitrogen and oxygen atoms in total. The molecule has 0 aliphatic rings. The van der Waals surface area contributed by atoms with E-state index in [0.29, 0.717) is 5.17 Å². The van der Waals surface area contributed by atoms with Gasteiger partial charge in [-0.2, -0.15) is 0 Å². The predicted octanol–water partition coefficient (Wildman–Crippen LogP) is 5.91. The molecule has 0 radical (unpaired) electrons. The molecule has 0 amide bonds. The minimum absolute atomic E-state index is 0.0826. The highest BCUT2D eigenvalue weighted by molar-refractivity contribution is 8.13. The Morgan fingerprint density at radius 1 is 1.08 bits per heavy atom. The van der Waals surface area contributed by atoms with Gasteiger partial charge in [-0.15, -0.1) is 0 Å². The molecular weight excluding hydrogens is 324 g/mol. The molecule has 2 aromatic carbocycles. The lowest BCUT2D eigenvalue weighted by Gasteiger charge is -2.22. The summed E-state index contributed by atoms with van der Waals surface area (Å²) in [6.45, 7) is 13.2. The molecule has 0 heterocycles. The third-order valence-corrected chi connectivity index (χ3v) is 5.36. The van der Waals surface area contributed by atoms with E-state index in [1.54, 1.807) is 11.8 Å². The number of amidine groups is 1. The first-order valence-electron chi connectivity index (χ1n) is 8.80. The Morgan fingerprint density at radius 3 is 2.16 bits per heavy atom. The highest BCUT2D eigenvalue weighted by atomic mass is 32.2. The molecule has 2 rings (SSSR count). The van der Waals surface area contributed by atoms with Crippen molar-refractivity contribution in [3.63, 3.8) is 0 Å². The van der Waals surface area contributed by atoms with Crippen LogP contribution in [-0.2, 0) is 11.2 Å². The lowest BCUT2D eigenvalue weighted by molar-refractivity contribution is 0.589. The van der Waals surface area contributed by atoms with Gasteiger partial charge in [0.1, 0.15) is 0 Å². The Labute approximate surface area is 156 Å². The Bertz CT molecular complexity index is 719. The van der Waals surface area contributed by atoms with Crippen molar-refractivity contribution >= 4 is 16.9 Å². The number of hydrogen-bond acceptors (Lipinski definition) is 2. The first-order chi connectivity index (χ1) is 11.7. The number of nitrogens with two attached hydrogens (primary N) is 1. The molecule has 0 fully saturated rings. The molecule has 0 saturated carbocycles. The van der Waals surface area contributed by atoms with Crippen LogP contribution in [0.2, 0.25) is 0 Å². The van der Waals surface area contributed by atoms with Crippen molar-refractivity contribution in [1.82, 2.24) is 0 Å². The second-order valence-electron chi connectivity index (χ2n) is 7.68. The lowest BCUT2D eigenvalue weighted by Crippen LogP contribution is -2.13. The van der Waals surface area contributed by atoms with E-state index in [-0.39, 0.29) is 11.5 Å². The number of rotatable bonds is 4. The summed E-state index contributed by atoms with van der Waals surface area (Å²) in [5.41, 5.74) is 13.0. The van der Waals surface area contributed by atoms with Crippen LogP contribution in [0.1, 0.15) is 61.6 Å². The molecule has 0 saturated heterocycles. The third-order valence-electron chi connectivity index (χ3n) is 4.53. The molecule has 25 heavy (non-hydrogen) atoms. The third kappa shape index (κ3) is 5.37. The minimum atomic E-state index is 0.0826. The first kappa shape index (κ1) is 19.6. The summed E-state index contributed by atoms with van der Waals surface area (Å²) in [7, 11) is 0. The van der Waals surface area contributed by atoms with E-state index >= 15 is 0 Å². The molecule has 3 heteroatoms. The van der Waals surface area contributed by atoms with Gasteiger partial charge in [-0.1, -0.05) is 75.0 Å². The zero-order chi connectivity index (χ0) is 18.6. The molecule has 2 aromatic rings. The van der Waals surface area contributed by atoms with Gasteiger partial charge in [-0.25, -0.2) is 0 Å². The zero-order valence-corrected chi connectivity index (χ0v) is 17.1. The number of hydrogen-bond donors (Lipinski definition) is 1. The first-order valence-corrected chi connectivity index (χ1v) is 9.78. The summed E-state index contributed by atoms with van der Waals surface area (Å²) in [5, 5.41) is 0.648. The van der Waals surface area contributed by atoms with Gasteiger partial charge in [-0.3, -0.25) is 4.99 Å². The zero-order valence-electron chi connectivity index (χ0n) is 16.3. The molecule has 0 unspecified atom stereocenters. The van der Waals surface area contributed by atoms with Crippen LogP contribution >= 0.6 is 11.8 Å². The summed E-state index contributed by atoms with van der Waals surface area (Å²) in [5.74, 6) is 0.860. The van der Waals surface area contributed by atoms with Gasteiger partial charge in [0, 0.05) is 5.75 Å². The fourth-order valence-corrected chi connectivity index (χ4v) is 3.81. The van der Waals surface area contributed by atoms with E-state index in [1.807, 2.05) is 18.2 Å². The maximum Gasteiger partial charge on any atom is 0.154 e. The second-order valence-corrected chi connectivity index (χ2v) is 8.68. The summed E-state index contributed by atoms with van der Waals surface area (Å²) in [6.07, 6.45) is 0. The smallest absolute Gasteiger partial charge is 0.154 e. The van der Waals surface area contributed by atoms with E-state index < -0.39 is 0 Å². The maximum absolute atomic E-state index is 6.17. The van der Waals surface area contributed by atoms with Crippen LogP contribution in [-0.4, -0.2) is 5.17 Å². The minimum Gasteiger partial charge on any atom is -0.379 e. The van der Waals surface area contributed by atoms with Crippen molar-refractivity contribution in [3.05, 3.63) is 70.3 Å². The number of aliphatic imine (C=N–C) groups is 1. The predicted molar refractivity (Wildman–Crippen MR) is 112 cm³/mol. The van der Waals surface area contributed by atoms with Gasteiger partial charge in [0.25, 0.3) is 0 Å². The van der Waals surface area contributed by atoms with E-state index in [9.17, 15) is 0 Å². The largest absolute Gasteiger partial charge is 0.379 e. The quantitative estimate of drug-likeness (QED) is 0.547. The highest BCUT2D eigenvalue weighted by Crippen LogP contribution is 2.29. The molecular formula is C22H30N2S. The summed E-state index contributed by atoms with van der Waals surface area (Å²) >= 11 is 1.62. The fourth-order valence-electron chi connectivity index (χ4n) is 2.83. The van der Waals surface area contributed by atoms with Gasteiger partial charge in [0.15, 0.2) is 5.17 Å². The fraction of sp³-hybridized carbons (Fsp3) is 0.409. The summed E-state index contributed by atoms with van der Waals surface area (Å²) in [6, 6.07) is 15.0. The molecule has 0 aliphatic carbocycles. The van der Waals surface area contributed by atoms with Crippen molar-refractivity contribution < 1.29 is 0 Å². The van der Waals surface area contributed by atoms with Gasteiger partial charge in [0.05, 0.1) is 6.04 Å². The van der Waals surface area contributed by atoms with Crippen LogP contribution in [0.15, 0.2) is 47.5 Å². The summed E-state index contributed by atoms with van der Waals surface area (Å²) < 4.78 is 0. The van der Waals surface area contributed by atoms with Crippen LogP contribution in [0.5, 0.6) is 0 Å². The van der Waals surface area contributed by atoms with Crippen LogP contribution in [0.25, 0.3) is 0 Å². The Balaban J connectivity index is 2.09. The topological polar surface area (TPSA) is 38.4 Å². The van der Waals surface area contributed by atoms with E-state index in [4.69, 9.17) is 5.73 Å². The molecule has 1 atom stereocenters. The number of nitrogens with zero attached hydrogens (tertiary/aromatic N) is 1. The van der Waals surface area contributed by atoms with Gasteiger partial charge >= 0.3 is 0 Å². The van der Waals surface area contributed by atoms with Crippen LogP contribution in [0.4, 0.5) is 0 Å². The van der Waals surface area contributed by atoms with E-state index in [0.717, 1.165) is 5.75 Å². The van der Waals surface area contributed by atoms with Crippen molar-refractivity contribution in [2.24, 2.45) is 10.7 Å². The Morgan fingerprint density at radius 2 is 1.64 bits per heavy atom. The van der Waals surface area contributed by atoms with Gasteiger partial charge in [0.2, 0.25) is 0 Å². The van der Waals surface area contributed by atoms with Crippen LogP contribution < -0.4 is 5.73 Å². The SMILES string of the molecule is Cc1cc(C(C)(C)C)cc(C)c1CSC(N)=N[C@@H](C)c1ccccc1. The highest BCUT2D eigenvalue weighted by Gasteiger charge is 2.16. The van der Waals surface area contributed by atoms with Crippen molar-refractivity contribution in [2.75, 3.05) is 0 Å². The van der Waals surface area contributed by atoms with Crippen molar-refractivity contribution in [1.29, 1.82) is 0 Å². The summed E-state index contributed by atoms with van der Waals surface area (Å²) in [4.78, 5) is 4.64. The number of thioether (sulfide) groups is 1. The number of benzene rings is 2. The Kier molecular flexibility index (Phi) is 6.34.